The summed E-state index contributed by atoms with van der Waals surface area (Å²) < 4.78 is 0. The minimum atomic E-state index is -0.969. The number of hydrogen-bond acceptors (Lipinski definition) is 3. The Balaban J connectivity index is 2.38. The van der Waals surface area contributed by atoms with Crippen molar-refractivity contribution in [2.24, 2.45) is 0 Å². The molecule has 0 radical (unpaired) electrons. The van der Waals surface area contributed by atoms with Crippen molar-refractivity contribution in [1.29, 1.82) is 5.26 Å². The van der Waals surface area contributed by atoms with Crippen molar-refractivity contribution in [3.8, 4) is 6.07 Å². The standard InChI is InChI=1S/C15H11ClN2O2/c1-18(13-5-2-10(3-6-13)15(19)20)14-7-4-12(16)8-11(14)9-17/h2-8H,1H3,(H,19,20). The van der Waals surface area contributed by atoms with E-state index < -0.39 is 5.97 Å². The maximum atomic E-state index is 10.8. The molecule has 0 saturated heterocycles. The summed E-state index contributed by atoms with van der Waals surface area (Å²) in [5.41, 5.74) is 2.18. The molecule has 2 rings (SSSR count). The number of halogens is 1. The summed E-state index contributed by atoms with van der Waals surface area (Å²) in [4.78, 5) is 12.6. The molecular formula is C15H11ClN2O2. The highest BCUT2D eigenvalue weighted by molar-refractivity contribution is 6.30. The van der Waals surface area contributed by atoms with Crippen LogP contribution < -0.4 is 4.90 Å². The number of carboxylic acid groups (broad SMARTS) is 1. The lowest BCUT2D eigenvalue weighted by Crippen LogP contribution is -2.11. The monoisotopic (exact) mass is 286 g/mol. The lowest BCUT2D eigenvalue weighted by Gasteiger charge is -2.21. The van der Waals surface area contributed by atoms with Gasteiger partial charge >= 0.3 is 5.97 Å². The molecule has 0 aliphatic carbocycles. The number of benzene rings is 2. The van der Waals surface area contributed by atoms with Crippen LogP contribution in [0.5, 0.6) is 0 Å². The summed E-state index contributed by atoms with van der Waals surface area (Å²) in [7, 11) is 1.81. The van der Waals surface area contributed by atoms with Crippen molar-refractivity contribution in [1.82, 2.24) is 0 Å². The zero-order valence-electron chi connectivity index (χ0n) is 10.7. The Kier molecular flexibility index (Phi) is 3.92. The molecule has 4 nitrogen and oxygen atoms in total. The molecule has 2 aromatic carbocycles. The minimum absolute atomic E-state index is 0.221. The molecule has 0 bridgehead atoms. The van der Waals surface area contributed by atoms with Gasteiger partial charge in [-0.3, -0.25) is 0 Å². The van der Waals surface area contributed by atoms with E-state index in [1.54, 1.807) is 42.3 Å². The van der Waals surface area contributed by atoms with Crippen molar-refractivity contribution in [3.05, 3.63) is 58.6 Å². The number of carbonyl (C=O) groups is 1. The summed E-state index contributed by atoms with van der Waals surface area (Å²) >= 11 is 5.87. The van der Waals surface area contributed by atoms with Crippen LogP contribution >= 0.6 is 11.6 Å². The van der Waals surface area contributed by atoms with Gasteiger partial charge in [-0.15, -0.1) is 0 Å². The first-order valence-electron chi connectivity index (χ1n) is 5.79. The maximum Gasteiger partial charge on any atom is 0.335 e. The van der Waals surface area contributed by atoms with E-state index in [1.165, 1.54) is 12.1 Å². The highest BCUT2D eigenvalue weighted by atomic mass is 35.5. The molecule has 0 aliphatic rings. The molecule has 0 fully saturated rings. The molecule has 0 atom stereocenters. The fourth-order valence-corrected chi connectivity index (χ4v) is 2.03. The molecule has 0 saturated carbocycles. The molecule has 0 amide bonds. The van der Waals surface area contributed by atoms with Crippen LogP contribution in [0.2, 0.25) is 5.02 Å². The molecule has 20 heavy (non-hydrogen) atoms. The predicted octanol–water partition coefficient (Wildman–Crippen LogP) is 3.68. The number of rotatable bonds is 3. The fourth-order valence-electron chi connectivity index (χ4n) is 1.86. The van der Waals surface area contributed by atoms with Gasteiger partial charge in [0.2, 0.25) is 0 Å². The number of nitriles is 1. The van der Waals surface area contributed by atoms with E-state index in [1.807, 2.05) is 0 Å². The van der Waals surface area contributed by atoms with Gasteiger partial charge in [-0.25, -0.2) is 4.79 Å². The van der Waals surface area contributed by atoms with Gasteiger partial charge in [0, 0.05) is 17.8 Å². The molecule has 0 spiro atoms. The second-order valence-corrected chi connectivity index (χ2v) is 4.62. The quantitative estimate of drug-likeness (QED) is 0.935. The number of anilines is 2. The van der Waals surface area contributed by atoms with Crippen LogP contribution in [0.3, 0.4) is 0 Å². The Hall–Kier alpha value is -2.51. The third-order valence-electron chi connectivity index (χ3n) is 2.94. The second kappa shape index (κ2) is 5.64. The van der Waals surface area contributed by atoms with E-state index in [-0.39, 0.29) is 5.56 Å². The molecule has 0 aliphatic heterocycles. The van der Waals surface area contributed by atoms with Crippen LogP contribution in [0.25, 0.3) is 0 Å². The van der Waals surface area contributed by atoms with Gasteiger partial charge in [-0.2, -0.15) is 5.26 Å². The normalized spacial score (nSPS) is 9.85. The predicted molar refractivity (Wildman–Crippen MR) is 77.6 cm³/mol. The fraction of sp³-hybridized carbons (Fsp3) is 0.0667. The summed E-state index contributed by atoms with van der Waals surface area (Å²) in [6.07, 6.45) is 0. The van der Waals surface area contributed by atoms with E-state index in [0.29, 0.717) is 16.3 Å². The average Bonchev–Trinajstić information content (AvgIpc) is 2.46. The van der Waals surface area contributed by atoms with Crippen LogP contribution in [0.1, 0.15) is 15.9 Å². The van der Waals surface area contributed by atoms with E-state index >= 15 is 0 Å². The Morgan fingerprint density at radius 2 is 1.90 bits per heavy atom. The molecule has 100 valence electrons. The van der Waals surface area contributed by atoms with Crippen molar-refractivity contribution < 1.29 is 9.90 Å². The van der Waals surface area contributed by atoms with Gasteiger partial charge in [-0.1, -0.05) is 11.6 Å². The molecule has 0 unspecified atom stereocenters. The van der Waals surface area contributed by atoms with Crippen LogP contribution in [-0.4, -0.2) is 18.1 Å². The largest absolute Gasteiger partial charge is 0.478 e. The summed E-state index contributed by atoms with van der Waals surface area (Å²) in [6.45, 7) is 0. The first-order valence-corrected chi connectivity index (χ1v) is 6.17. The molecule has 0 aromatic heterocycles. The molecule has 2 aromatic rings. The van der Waals surface area contributed by atoms with E-state index in [9.17, 15) is 4.79 Å². The Morgan fingerprint density at radius 1 is 1.25 bits per heavy atom. The molecular weight excluding hydrogens is 276 g/mol. The average molecular weight is 287 g/mol. The summed E-state index contributed by atoms with van der Waals surface area (Å²) in [5, 5.41) is 18.5. The van der Waals surface area contributed by atoms with Gasteiger partial charge in [0.25, 0.3) is 0 Å². The number of aromatic carboxylic acids is 1. The van der Waals surface area contributed by atoms with Gasteiger partial charge in [-0.05, 0) is 42.5 Å². The Labute approximate surface area is 121 Å². The third kappa shape index (κ3) is 2.73. The highest BCUT2D eigenvalue weighted by Crippen LogP contribution is 2.28. The van der Waals surface area contributed by atoms with Crippen molar-refractivity contribution in [3.63, 3.8) is 0 Å². The minimum Gasteiger partial charge on any atom is -0.478 e. The lowest BCUT2D eigenvalue weighted by atomic mass is 10.1. The van der Waals surface area contributed by atoms with Crippen molar-refractivity contribution in [2.75, 3.05) is 11.9 Å². The first kappa shape index (κ1) is 13.9. The summed E-state index contributed by atoms with van der Waals surface area (Å²) in [6, 6.07) is 13.6. The van der Waals surface area contributed by atoms with E-state index in [4.69, 9.17) is 22.0 Å². The van der Waals surface area contributed by atoms with Gasteiger partial charge in [0.1, 0.15) is 6.07 Å². The summed E-state index contributed by atoms with van der Waals surface area (Å²) in [5.74, 6) is -0.969. The second-order valence-electron chi connectivity index (χ2n) is 4.18. The highest BCUT2D eigenvalue weighted by Gasteiger charge is 2.10. The van der Waals surface area contributed by atoms with E-state index in [0.717, 1.165) is 5.69 Å². The van der Waals surface area contributed by atoms with Crippen LogP contribution in [0.4, 0.5) is 11.4 Å². The third-order valence-corrected chi connectivity index (χ3v) is 3.18. The van der Waals surface area contributed by atoms with Crippen molar-refractivity contribution >= 4 is 28.9 Å². The molecule has 0 heterocycles. The lowest BCUT2D eigenvalue weighted by molar-refractivity contribution is 0.0697. The maximum absolute atomic E-state index is 10.8. The zero-order valence-corrected chi connectivity index (χ0v) is 11.4. The van der Waals surface area contributed by atoms with Gasteiger partial charge < -0.3 is 10.0 Å². The van der Waals surface area contributed by atoms with Crippen LogP contribution in [-0.2, 0) is 0 Å². The van der Waals surface area contributed by atoms with Crippen molar-refractivity contribution in [2.45, 2.75) is 0 Å². The first-order chi connectivity index (χ1) is 9.52. The Bertz CT molecular complexity index is 690. The number of carboxylic acids is 1. The number of hydrogen-bond donors (Lipinski definition) is 1. The van der Waals surface area contributed by atoms with Gasteiger partial charge in [0.15, 0.2) is 0 Å². The van der Waals surface area contributed by atoms with E-state index in [2.05, 4.69) is 6.07 Å². The topological polar surface area (TPSA) is 64.3 Å². The zero-order chi connectivity index (χ0) is 14.7. The smallest absolute Gasteiger partial charge is 0.335 e. The van der Waals surface area contributed by atoms with Crippen LogP contribution in [0, 0.1) is 11.3 Å². The number of nitrogens with zero attached hydrogens (tertiary/aromatic N) is 2. The van der Waals surface area contributed by atoms with Crippen LogP contribution in [0.15, 0.2) is 42.5 Å². The SMILES string of the molecule is CN(c1ccc(C(=O)O)cc1)c1ccc(Cl)cc1C#N. The Morgan fingerprint density at radius 3 is 2.45 bits per heavy atom. The van der Waals surface area contributed by atoms with Gasteiger partial charge in [0.05, 0.1) is 16.8 Å². The molecule has 1 N–H and O–H groups in total. The molecule has 5 heteroatoms.